The van der Waals surface area contributed by atoms with E-state index in [-0.39, 0.29) is 15.4 Å². The van der Waals surface area contributed by atoms with E-state index in [0.717, 1.165) is 0 Å². The number of halogens is 2. The van der Waals surface area contributed by atoms with Crippen LogP contribution in [0.5, 0.6) is 0 Å². The summed E-state index contributed by atoms with van der Waals surface area (Å²) >= 11 is 5.77. The Balaban J connectivity index is 2.14. The summed E-state index contributed by atoms with van der Waals surface area (Å²) in [7, 11) is -3.90. The third-order valence-corrected chi connectivity index (χ3v) is 5.36. The zero-order chi connectivity index (χ0) is 15.7. The van der Waals surface area contributed by atoms with Crippen molar-refractivity contribution in [3.05, 3.63) is 58.9 Å². The van der Waals surface area contributed by atoms with Gasteiger partial charge < -0.3 is 9.47 Å². The quantitative estimate of drug-likeness (QED) is 0.858. The first kappa shape index (κ1) is 15.4. The van der Waals surface area contributed by atoms with Crippen molar-refractivity contribution in [3.63, 3.8) is 0 Å². The summed E-state index contributed by atoms with van der Waals surface area (Å²) in [6, 6.07) is 9.56. The smallest absolute Gasteiger partial charge is 0.207 e. The minimum Gasteiger partial charge on any atom is -0.346 e. The van der Waals surface area contributed by atoms with Crippen LogP contribution >= 0.6 is 11.6 Å². The topological polar surface area (TPSA) is 52.6 Å². The van der Waals surface area contributed by atoms with Gasteiger partial charge >= 0.3 is 0 Å². The predicted molar refractivity (Wildman–Crippen MR) is 77.9 cm³/mol. The zero-order valence-corrected chi connectivity index (χ0v) is 12.9. The Hall–Kier alpha value is -1.47. The lowest BCUT2D eigenvalue weighted by Crippen LogP contribution is -2.11. The van der Waals surface area contributed by atoms with Crippen LogP contribution in [0.2, 0.25) is 5.02 Å². The lowest BCUT2D eigenvalue weighted by atomic mass is 10.2. The van der Waals surface area contributed by atoms with Gasteiger partial charge in [0.25, 0.3) is 0 Å². The molecule has 1 aliphatic rings. The Morgan fingerprint density at radius 2 is 1.68 bits per heavy atom. The van der Waals surface area contributed by atoms with Crippen molar-refractivity contribution in [2.75, 3.05) is 13.2 Å². The van der Waals surface area contributed by atoms with Gasteiger partial charge in [-0.3, -0.25) is 0 Å². The number of sulfone groups is 1. The van der Waals surface area contributed by atoms with Gasteiger partial charge in [-0.05, 0) is 36.4 Å². The summed E-state index contributed by atoms with van der Waals surface area (Å²) in [5.74, 6) is -0.679. The van der Waals surface area contributed by atoms with E-state index >= 15 is 0 Å². The van der Waals surface area contributed by atoms with Crippen molar-refractivity contribution >= 4 is 21.4 Å². The van der Waals surface area contributed by atoms with Crippen LogP contribution in [0, 0.1) is 5.82 Å². The molecule has 1 saturated heterocycles. The Morgan fingerprint density at radius 3 is 2.32 bits per heavy atom. The lowest BCUT2D eigenvalue weighted by molar-refractivity contribution is -0.0486. The average molecular weight is 343 g/mol. The summed E-state index contributed by atoms with van der Waals surface area (Å²) in [4.78, 5) is -0.136. The van der Waals surface area contributed by atoms with Crippen LogP contribution in [0.1, 0.15) is 11.9 Å². The van der Waals surface area contributed by atoms with E-state index in [1.54, 1.807) is 0 Å². The van der Waals surface area contributed by atoms with Crippen LogP contribution in [-0.4, -0.2) is 21.6 Å². The van der Waals surface area contributed by atoms with E-state index in [4.69, 9.17) is 21.1 Å². The number of hydrogen-bond acceptors (Lipinski definition) is 4. The predicted octanol–water partition coefficient (Wildman–Crippen LogP) is 3.36. The fourth-order valence-corrected chi connectivity index (χ4v) is 3.86. The van der Waals surface area contributed by atoms with E-state index < -0.39 is 21.9 Å². The van der Waals surface area contributed by atoms with Crippen molar-refractivity contribution in [1.29, 1.82) is 0 Å². The SMILES string of the molecule is O=S(=O)(c1ccc(Cl)cc1)c1cccc(F)c1C1OCCO1. The molecule has 1 fully saturated rings. The molecule has 4 nitrogen and oxygen atoms in total. The van der Waals surface area contributed by atoms with Crippen LogP contribution in [0.15, 0.2) is 52.3 Å². The molecule has 0 aromatic heterocycles. The second kappa shape index (κ2) is 5.96. The number of benzene rings is 2. The molecule has 2 aromatic rings. The molecule has 2 aromatic carbocycles. The van der Waals surface area contributed by atoms with Gasteiger partial charge in [0.2, 0.25) is 9.84 Å². The van der Waals surface area contributed by atoms with Crippen LogP contribution < -0.4 is 0 Å². The molecule has 0 unspecified atom stereocenters. The van der Waals surface area contributed by atoms with Gasteiger partial charge in [0.05, 0.1) is 28.6 Å². The summed E-state index contributed by atoms with van der Waals surface area (Å²) in [6.07, 6.45) is -1.02. The lowest BCUT2D eigenvalue weighted by Gasteiger charge is -2.16. The molecular weight excluding hydrogens is 331 g/mol. The van der Waals surface area contributed by atoms with Gasteiger partial charge in [0.15, 0.2) is 6.29 Å². The highest BCUT2D eigenvalue weighted by Gasteiger charge is 2.31. The highest BCUT2D eigenvalue weighted by atomic mass is 35.5. The van der Waals surface area contributed by atoms with Crippen LogP contribution in [0.25, 0.3) is 0 Å². The standard InChI is InChI=1S/C15H12ClFO4S/c16-10-4-6-11(7-5-10)22(18,19)13-3-1-2-12(17)14(13)15-20-8-9-21-15/h1-7,15H,8-9H2. The molecule has 22 heavy (non-hydrogen) atoms. The molecule has 0 saturated carbocycles. The molecule has 1 heterocycles. The van der Waals surface area contributed by atoms with Crippen molar-refractivity contribution in [2.45, 2.75) is 16.1 Å². The third kappa shape index (κ3) is 2.75. The molecule has 116 valence electrons. The van der Waals surface area contributed by atoms with Crippen LogP contribution in [0.4, 0.5) is 4.39 Å². The Labute approximate surface area is 132 Å². The maximum atomic E-state index is 14.2. The van der Waals surface area contributed by atoms with E-state index in [2.05, 4.69) is 0 Å². The fraction of sp³-hybridized carbons (Fsp3) is 0.200. The molecule has 0 aliphatic carbocycles. The second-order valence-electron chi connectivity index (χ2n) is 4.68. The summed E-state index contributed by atoms with van der Waals surface area (Å²) in [5, 5.41) is 0.417. The molecule has 1 aliphatic heterocycles. The monoisotopic (exact) mass is 342 g/mol. The number of ether oxygens (including phenoxy) is 2. The molecule has 3 rings (SSSR count). The molecular formula is C15H12ClFO4S. The van der Waals surface area contributed by atoms with Crippen LogP contribution in [0.3, 0.4) is 0 Å². The first-order valence-corrected chi connectivity index (χ1v) is 8.38. The van der Waals surface area contributed by atoms with Crippen LogP contribution in [-0.2, 0) is 19.3 Å². The molecule has 7 heteroatoms. The van der Waals surface area contributed by atoms with Crippen molar-refractivity contribution in [3.8, 4) is 0 Å². The molecule has 0 atom stereocenters. The Kier molecular flexibility index (Phi) is 4.18. The van der Waals surface area contributed by atoms with Gasteiger partial charge in [-0.15, -0.1) is 0 Å². The molecule has 0 spiro atoms. The van der Waals surface area contributed by atoms with Crippen molar-refractivity contribution in [2.24, 2.45) is 0 Å². The van der Waals surface area contributed by atoms with E-state index in [1.807, 2.05) is 0 Å². The molecule has 0 bridgehead atoms. The fourth-order valence-electron chi connectivity index (χ4n) is 2.25. The van der Waals surface area contributed by atoms with E-state index in [0.29, 0.717) is 18.2 Å². The largest absolute Gasteiger partial charge is 0.346 e. The van der Waals surface area contributed by atoms with E-state index in [1.165, 1.54) is 42.5 Å². The van der Waals surface area contributed by atoms with Crippen molar-refractivity contribution in [1.82, 2.24) is 0 Å². The van der Waals surface area contributed by atoms with Gasteiger partial charge in [0.1, 0.15) is 5.82 Å². The van der Waals surface area contributed by atoms with Crippen molar-refractivity contribution < 1.29 is 22.3 Å². The Morgan fingerprint density at radius 1 is 1.05 bits per heavy atom. The summed E-state index contributed by atoms with van der Waals surface area (Å²) in [5.41, 5.74) is -0.102. The average Bonchev–Trinajstić information content (AvgIpc) is 3.01. The van der Waals surface area contributed by atoms with E-state index in [9.17, 15) is 12.8 Å². The first-order valence-electron chi connectivity index (χ1n) is 6.52. The summed E-state index contributed by atoms with van der Waals surface area (Å²) in [6.45, 7) is 0.582. The molecule has 0 amide bonds. The zero-order valence-electron chi connectivity index (χ0n) is 11.3. The summed E-state index contributed by atoms with van der Waals surface area (Å²) < 4.78 is 50.2. The number of rotatable bonds is 3. The maximum Gasteiger partial charge on any atom is 0.207 e. The number of hydrogen-bond donors (Lipinski definition) is 0. The molecule has 0 radical (unpaired) electrons. The van der Waals surface area contributed by atoms with Gasteiger partial charge in [-0.2, -0.15) is 0 Å². The molecule has 0 N–H and O–H groups in total. The maximum absolute atomic E-state index is 14.2. The minimum atomic E-state index is -3.90. The van der Waals surface area contributed by atoms with Gasteiger partial charge in [0, 0.05) is 5.02 Å². The first-order chi connectivity index (χ1) is 10.5. The normalized spacial score (nSPS) is 16.1. The minimum absolute atomic E-state index is 0.0294. The Bertz CT molecular complexity index is 784. The third-order valence-electron chi connectivity index (χ3n) is 3.28. The van der Waals surface area contributed by atoms with Gasteiger partial charge in [-0.1, -0.05) is 17.7 Å². The second-order valence-corrected chi connectivity index (χ2v) is 7.04. The highest BCUT2D eigenvalue weighted by molar-refractivity contribution is 7.91. The van der Waals surface area contributed by atoms with Gasteiger partial charge in [-0.25, -0.2) is 12.8 Å². The highest BCUT2D eigenvalue weighted by Crippen LogP contribution is 2.34.